The van der Waals surface area contributed by atoms with Crippen LogP contribution in [0.25, 0.3) is 0 Å². The van der Waals surface area contributed by atoms with Crippen LogP contribution in [0.3, 0.4) is 0 Å². The number of nitrogens with zero attached hydrogens (tertiary/aromatic N) is 2. The van der Waals surface area contributed by atoms with E-state index >= 15 is 0 Å². The van der Waals surface area contributed by atoms with Gasteiger partial charge < -0.3 is 4.74 Å². The van der Waals surface area contributed by atoms with Crippen LogP contribution in [-0.4, -0.2) is 22.8 Å². The Balaban J connectivity index is 2.91. The summed E-state index contributed by atoms with van der Waals surface area (Å²) < 4.78 is 5.17. The minimum atomic E-state index is -0.580. The van der Waals surface area contributed by atoms with Crippen LogP contribution in [0.15, 0.2) is 12.1 Å². The molecule has 16 heavy (non-hydrogen) atoms. The molecular formula is C10H12N2O4. The van der Waals surface area contributed by atoms with E-state index in [1.807, 2.05) is 6.92 Å². The first-order valence-electron chi connectivity index (χ1n) is 4.92. The van der Waals surface area contributed by atoms with Gasteiger partial charge in [0.2, 0.25) is 0 Å². The number of carbonyl (C=O) groups is 1. The lowest BCUT2D eigenvalue weighted by molar-refractivity contribution is -0.386. The molecule has 1 rings (SSSR count). The number of carbonyl (C=O) groups excluding carboxylic acids is 1. The van der Waals surface area contributed by atoms with Crippen LogP contribution in [0.1, 0.15) is 30.3 Å². The zero-order valence-corrected chi connectivity index (χ0v) is 8.88. The first-order chi connectivity index (χ1) is 7.69. The summed E-state index contributed by atoms with van der Waals surface area (Å²) in [5.41, 5.74) is -0.0983. The third-order valence-corrected chi connectivity index (χ3v) is 1.92. The van der Waals surface area contributed by atoms with Gasteiger partial charge >= 0.3 is 5.69 Å². The van der Waals surface area contributed by atoms with Gasteiger partial charge in [0.1, 0.15) is 5.69 Å². The minimum absolute atomic E-state index is 0.0944. The molecule has 0 amide bonds. The monoisotopic (exact) mass is 224 g/mol. The summed E-state index contributed by atoms with van der Waals surface area (Å²) >= 11 is 0. The van der Waals surface area contributed by atoms with Crippen molar-refractivity contribution in [2.24, 2.45) is 0 Å². The van der Waals surface area contributed by atoms with Crippen molar-refractivity contribution in [3.05, 3.63) is 27.9 Å². The maximum atomic E-state index is 10.7. The number of aldehydes is 1. The summed E-state index contributed by atoms with van der Waals surface area (Å²) in [6, 6.07) is 2.51. The normalized spacial score (nSPS) is 9.81. The summed E-state index contributed by atoms with van der Waals surface area (Å²) in [7, 11) is 0. The summed E-state index contributed by atoms with van der Waals surface area (Å²) in [5.74, 6) is -0.0944. The van der Waals surface area contributed by atoms with Crippen LogP contribution in [0.5, 0.6) is 5.88 Å². The van der Waals surface area contributed by atoms with E-state index in [0.29, 0.717) is 12.9 Å². The van der Waals surface area contributed by atoms with Crippen molar-refractivity contribution in [2.75, 3.05) is 6.61 Å². The molecule has 0 saturated heterocycles. The van der Waals surface area contributed by atoms with Crippen LogP contribution in [-0.2, 0) is 0 Å². The second-order valence-corrected chi connectivity index (χ2v) is 3.14. The first kappa shape index (κ1) is 12.1. The van der Waals surface area contributed by atoms with Crippen molar-refractivity contribution in [2.45, 2.75) is 19.8 Å². The fraction of sp³-hybridized carbons (Fsp3) is 0.400. The average molecular weight is 224 g/mol. The number of unbranched alkanes of at least 4 members (excludes halogenated alkanes) is 1. The smallest absolute Gasteiger partial charge is 0.331 e. The number of ether oxygens (including phenoxy) is 1. The number of aromatic nitrogens is 1. The van der Waals surface area contributed by atoms with Gasteiger partial charge in [0.05, 0.1) is 11.5 Å². The highest BCUT2D eigenvalue weighted by molar-refractivity contribution is 5.72. The Morgan fingerprint density at radius 3 is 2.88 bits per heavy atom. The molecule has 1 heterocycles. The molecular weight excluding hydrogens is 212 g/mol. The van der Waals surface area contributed by atoms with E-state index in [4.69, 9.17) is 4.74 Å². The van der Waals surface area contributed by atoms with Gasteiger partial charge in [-0.05, 0) is 12.5 Å². The molecule has 0 spiro atoms. The van der Waals surface area contributed by atoms with Gasteiger partial charge in [0, 0.05) is 6.07 Å². The molecule has 0 unspecified atom stereocenters. The van der Waals surface area contributed by atoms with Crippen molar-refractivity contribution in [1.29, 1.82) is 0 Å². The van der Waals surface area contributed by atoms with Gasteiger partial charge in [-0.25, -0.2) is 4.98 Å². The van der Waals surface area contributed by atoms with Crippen molar-refractivity contribution in [3.8, 4) is 5.88 Å². The highest BCUT2D eigenvalue weighted by atomic mass is 16.6. The third kappa shape index (κ3) is 3.01. The van der Waals surface area contributed by atoms with Gasteiger partial charge in [-0.15, -0.1) is 0 Å². The quantitative estimate of drug-likeness (QED) is 0.319. The van der Waals surface area contributed by atoms with E-state index in [2.05, 4.69) is 4.98 Å². The molecule has 1 aromatic rings. The Morgan fingerprint density at radius 2 is 2.31 bits per heavy atom. The minimum Gasteiger partial charge on any atom is -0.473 e. The van der Waals surface area contributed by atoms with E-state index < -0.39 is 4.92 Å². The Kier molecular flexibility index (Phi) is 4.38. The third-order valence-electron chi connectivity index (χ3n) is 1.92. The average Bonchev–Trinajstić information content (AvgIpc) is 2.29. The number of hydrogen-bond donors (Lipinski definition) is 0. The van der Waals surface area contributed by atoms with Gasteiger partial charge in [-0.2, -0.15) is 0 Å². The Bertz CT molecular complexity index is 392. The van der Waals surface area contributed by atoms with Crippen LogP contribution < -0.4 is 4.74 Å². The maximum Gasteiger partial charge on any atom is 0.331 e. The molecule has 0 fully saturated rings. The fourth-order valence-electron chi connectivity index (χ4n) is 1.07. The van der Waals surface area contributed by atoms with Crippen molar-refractivity contribution >= 4 is 12.0 Å². The van der Waals surface area contributed by atoms with Crippen LogP contribution in [0, 0.1) is 10.1 Å². The highest BCUT2D eigenvalue weighted by Gasteiger charge is 2.17. The maximum absolute atomic E-state index is 10.7. The number of hydrogen-bond acceptors (Lipinski definition) is 5. The molecule has 0 radical (unpaired) electrons. The Hall–Kier alpha value is -1.98. The molecule has 6 heteroatoms. The molecule has 86 valence electrons. The van der Waals surface area contributed by atoms with Gasteiger partial charge in [-0.1, -0.05) is 13.3 Å². The summed E-state index contributed by atoms with van der Waals surface area (Å²) in [6.45, 7) is 2.33. The van der Waals surface area contributed by atoms with E-state index in [-0.39, 0.29) is 17.3 Å². The summed E-state index contributed by atoms with van der Waals surface area (Å²) in [4.78, 5) is 24.3. The molecule has 0 aliphatic heterocycles. The van der Waals surface area contributed by atoms with Gasteiger partial charge in [-0.3, -0.25) is 14.9 Å². The Labute approximate surface area is 92.4 Å². The van der Waals surface area contributed by atoms with Crippen LogP contribution in [0.4, 0.5) is 5.69 Å². The lowest BCUT2D eigenvalue weighted by Crippen LogP contribution is -2.03. The summed E-state index contributed by atoms with van der Waals surface area (Å²) in [6.07, 6.45) is 2.22. The van der Waals surface area contributed by atoms with Gasteiger partial charge in [0.25, 0.3) is 5.88 Å². The standard InChI is InChI=1S/C10H12N2O4/c1-2-3-6-16-10-9(12(14)15)5-4-8(7-13)11-10/h4-5,7H,2-3,6H2,1H3. The SMILES string of the molecule is CCCCOc1nc(C=O)ccc1[N+](=O)[O-]. The molecule has 0 aromatic carbocycles. The van der Waals surface area contributed by atoms with Crippen molar-refractivity contribution in [3.63, 3.8) is 0 Å². The second kappa shape index (κ2) is 5.79. The largest absolute Gasteiger partial charge is 0.473 e. The molecule has 0 aliphatic rings. The highest BCUT2D eigenvalue weighted by Crippen LogP contribution is 2.24. The lowest BCUT2D eigenvalue weighted by atomic mass is 10.3. The molecule has 0 bridgehead atoms. The lowest BCUT2D eigenvalue weighted by Gasteiger charge is -2.04. The molecule has 6 nitrogen and oxygen atoms in total. The number of pyridine rings is 1. The molecule has 1 aromatic heterocycles. The van der Waals surface area contributed by atoms with E-state index in [1.165, 1.54) is 12.1 Å². The topological polar surface area (TPSA) is 82.3 Å². The van der Waals surface area contributed by atoms with Crippen molar-refractivity contribution in [1.82, 2.24) is 4.98 Å². The van der Waals surface area contributed by atoms with Crippen LogP contribution >= 0.6 is 0 Å². The molecule has 0 atom stereocenters. The van der Waals surface area contributed by atoms with E-state index in [9.17, 15) is 14.9 Å². The predicted molar refractivity (Wildman–Crippen MR) is 56.7 cm³/mol. The summed E-state index contributed by atoms with van der Waals surface area (Å²) in [5, 5.41) is 10.7. The number of rotatable bonds is 6. The molecule has 0 aliphatic carbocycles. The predicted octanol–water partition coefficient (Wildman–Crippen LogP) is 1.98. The number of nitro groups is 1. The second-order valence-electron chi connectivity index (χ2n) is 3.14. The fourth-order valence-corrected chi connectivity index (χ4v) is 1.07. The molecule has 0 N–H and O–H groups in total. The van der Waals surface area contributed by atoms with Crippen LogP contribution in [0.2, 0.25) is 0 Å². The zero-order valence-electron chi connectivity index (χ0n) is 8.88. The zero-order chi connectivity index (χ0) is 12.0. The van der Waals surface area contributed by atoms with E-state index in [1.54, 1.807) is 0 Å². The van der Waals surface area contributed by atoms with E-state index in [0.717, 1.165) is 12.8 Å². The molecule has 0 saturated carbocycles. The Morgan fingerprint density at radius 1 is 1.56 bits per heavy atom. The van der Waals surface area contributed by atoms with Crippen molar-refractivity contribution < 1.29 is 14.5 Å². The first-order valence-corrected chi connectivity index (χ1v) is 4.92. The van der Waals surface area contributed by atoms with Gasteiger partial charge in [0.15, 0.2) is 6.29 Å².